The lowest BCUT2D eigenvalue weighted by Gasteiger charge is -2.16. The van der Waals surface area contributed by atoms with Crippen molar-refractivity contribution in [3.63, 3.8) is 0 Å². The third kappa shape index (κ3) is 7.04. The summed E-state index contributed by atoms with van der Waals surface area (Å²) >= 11 is 1.30. The molecule has 10 nitrogen and oxygen atoms in total. The van der Waals surface area contributed by atoms with Crippen molar-refractivity contribution in [2.45, 2.75) is 23.5 Å². The molecule has 0 aliphatic carbocycles. The lowest BCUT2D eigenvalue weighted by atomic mass is 10.0. The Morgan fingerprint density at radius 2 is 1.50 bits per heavy atom. The smallest absolute Gasteiger partial charge is 0.336 e. The fourth-order valence-corrected chi connectivity index (χ4v) is 4.50. The highest BCUT2D eigenvalue weighted by Crippen LogP contribution is 2.30. The van der Waals surface area contributed by atoms with Gasteiger partial charge in [0.25, 0.3) is 5.91 Å². The molecule has 3 rings (SSSR count). The van der Waals surface area contributed by atoms with Crippen molar-refractivity contribution in [3.05, 3.63) is 77.4 Å². The maximum Gasteiger partial charge on any atom is 0.336 e. The summed E-state index contributed by atoms with van der Waals surface area (Å²) in [4.78, 5) is 49.3. The van der Waals surface area contributed by atoms with Crippen LogP contribution in [0.25, 0.3) is 0 Å². The zero-order valence-electron chi connectivity index (χ0n) is 20.8. The van der Waals surface area contributed by atoms with Crippen molar-refractivity contribution in [2.24, 2.45) is 0 Å². The molecule has 1 unspecified atom stereocenters. The highest BCUT2D eigenvalue weighted by Gasteiger charge is 2.21. The fraction of sp³-hybridized carbons (Fsp3) is 0.185. The van der Waals surface area contributed by atoms with E-state index in [-0.39, 0.29) is 17.0 Å². The fourth-order valence-electron chi connectivity index (χ4n) is 3.49. The van der Waals surface area contributed by atoms with Crippen LogP contribution in [0.2, 0.25) is 0 Å². The quantitative estimate of drug-likeness (QED) is 0.251. The van der Waals surface area contributed by atoms with E-state index in [2.05, 4.69) is 10.6 Å². The minimum Gasteiger partial charge on any atom is -0.497 e. The molecule has 0 fully saturated rings. The summed E-state index contributed by atoms with van der Waals surface area (Å²) in [6.07, 6.45) is 0.520. The van der Waals surface area contributed by atoms with E-state index in [0.29, 0.717) is 34.2 Å². The van der Waals surface area contributed by atoms with Gasteiger partial charge in [0.05, 0.1) is 36.2 Å². The predicted molar refractivity (Wildman–Crippen MR) is 143 cm³/mol. The maximum atomic E-state index is 13.0. The first-order chi connectivity index (χ1) is 18.1. The molecule has 4 N–H and O–H groups in total. The number of ether oxygens (including phenoxy) is 2. The van der Waals surface area contributed by atoms with E-state index in [4.69, 9.17) is 14.6 Å². The summed E-state index contributed by atoms with van der Waals surface area (Å²) in [7, 11) is 3.04. The van der Waals surface area contributed by atoms with Crippen LogP contribution < -0.4 is 20.1 Å². The molecule has 38 heavy (non-hydrogen) atoms. The van der Waals surface area contributed by atoms with Gasteiger partial charge in [-0.05, 0) is 42.8 Å². The number of carbonyl (C=O) groups excluding carboxylic acids is 2. The Balaban J connectivity index is 1.74. The zero-order valence-corrected chi connectivity index (χ0v) is 21.6. The number of aromatic carboxylic acids is 2. The van der Waals surface area contributed by atoms with Gasteiger partial charge in [-0.25, -0.2) is 9.59 Å². The van der Waals surface area contributed by atoms with Crippen LogP contribution >= 0.6 is 11.8 Å². The number of benzene rings is 3. The summed E-state index contributed by atoms with van der Waals surface area (Å²) in [5.74, 6) is -2.60. The Labute approximate surface area is 223 Å². The number of carbonyl (C=O) groups is 4. The zero-order chi connectivity index (χ0) is 27.8. The number of hydrogen-bond acceptors (Lipinski definition) is 7. The van der Waals surface area contributed by atoms with Gasteiger partial charge in [-0.1, -0.05) is 13.0 Å². The molecule has 198 valence electrons. The van der Waals surface area contributed by atoms with Crippen molar-refractivity contribution >= 4 is 46.9 Å². The molecule has 2 amide bonds. The molecular formula is C27H26N2O8S. The van der Waals surface area contributed by atoms with Crippen LogP contribution in [0, 0.1) is 0 Å². The number of amides is 2. The van der Waals surface area contributed by atoms with Gasteiger partial charge in [-0.3, -0.25) is 9.59 Å². The SMILES string of the molecule is CCC(Sc1cccc(NC(=O)c2ccc(C(=O)O)cc2C(=O)O)c1)C(=O)Nc1cc(OC)cc(OC)c1. The van der Waals surface area contributed by atoms with E-state index in [9.17, 15) is 24.3 Å². The average molecular weight is 539 g/mol. The Hall–Kier alpha value is -4.51. The number of anilines is 2. The number of rotatable bonds is 11. The van der Waals surface area contributed by atoms with Crippen molar-refractivity contribution in [1.82, 2.24) is 0 Å². The largest absolute Gasteiger partial charge is 0.497 e. The summed E-state index contributed by atoms with van der Waals surface area (Å²) in [6.45, 7) is 1.88. The first kappa shape index (κ1) is 28.1. The molecule has 0 heterocycles. The molecule has 0 spiro atoms. The first-order valence-electron chi connectivity index (χ1n) is 11.4. The third-order valence-electron chi connectivity index (χ3n) is 5.39. The van der Waals surface area contributed by atoms with E-state index in [1.807, 2.05) is 6.92 Å². The topological polar surface area (TPSA) is 151 Å². The number of nitrogens with one attached hydrogen (secondary N) is 2. The van der Waals surface area contributed by atoms with Gasteiger partial charge in [0.2, 0.25) is 5.91 Å². The molecule has 0 bridgehead atoms. The lowest BCUT2D eigenvalue weighted by molar-refractivity contribution is -0.115. The molecule has 1 atom stereocenters. The number of carboxylic acid groups (broad SMARTS) is 2. The van der Waals surface area contributed by atoms with Crippen molar-refractivity contribution < 1.29 is 38.9 Å². The van der Waals surface area contributed by atoms with Crippen LogP contribution in [0.3, 0.4) is 0 Å². The second-order valence-electron chi connectivity index (χ2n) is 7.96. The summed E-state index contributed by atoms with van der Waals surface area (Å²) in [6, 6.07) is 15.1. The molecule has 0 aliphatic rings. The van der Waals surface area contributed by atoms with Crippen LogP contribution in [0.4, 0.5) is 11.4 Å². The van der Waals surface area contributed by atoms with Gasteiger partial charge >= 0.3 is 11.9 Å². The van der Waals surface area contributed by atoms with Gasteiger partial charge in [0, 0.05) is 34.5 Å². The van der Waals surface area contributed by atoms with Gasteiger partial charge in [-0.2, -0.15) is 0 Å². The number of thioether (sulfide) groups is 1. The molecular weight excluding hydrogens is 512 g/mol. The highest BCUT2D eigenvalue weighted by atomic mass is 32.2. The highest BCUT2D eigenvalue weighted by molar-refractivity contribution is 8.00. The van der Waals surface area contributed by atoms with Crippen LogP contribution in [0.15, 0.2) is 65.6 Å². The second kappa shape index (κ2) is 12.6. The summed E-state index contributed by atoms with van der Waals surface area (Å²) < 4.78 is 10.5. The first-order valence-corrected chi connectivity index (χ1v) is 12.3. The molecule has 11 heteroatoms. The Bertz CT molecular complexity index is 1350. The molecule has 0 saturated heterocycles. The summed E-state index contributed by atoms with van der Waals surface area (Å²) in [5.41, 5.74) is 0.0550. The second-order valence-corrected chi connectivity index (χ2v) is 9.23. The van der Waals surface area contributed by atoms with Gasteiger partial charge in [0.15, 0.2) is 0 Å². The van der Waals surface area contributed by atoms with E-state index < -0.39 is 28.7 Å². The van der Waals surface area contributed by atoms with E-state index in [1.54, 1.807) is 42.5 Å². The van der Waals surface area contributed by atoms with Crippen molar-refractivity contribution in [2.75, 3.05) is 24.9 Å². The Kier molecular flexibility index (Phi) is 9.33. The van der Waals surface area contributed by atoms with Gasteiger partial charge in [-0.15, -0.1) is 11.8 Å². The Morgan fingerprint density at radius 1 is 0.816 bits per heavy atom. The molecule has 0 radical (unpaired) electrons. The van der Waals surface area contributed by atoms with Crippen molar-refractivity contribution in [3.8, 4) is 11.5 Å². The molecule has 0 aromatic heterocycles. The van der Waals surface area contributed by atoms with E-state index >= 15 is 0 Å². The predicted octanol–water partition coefficient (Wildman–Crippen LogP) is 4.86. The molecule has 3 aromatic rings. The minimum absolute atomic E-state index is 0.180. The maximum absolute atomic E-state index is 13.0. The number of methoxy groups -OCH3 is 2. The van der Waals surface area contributed by atoms with Gasteiger partial charge < -0.3 is 30.3 Å². The normalized spacial score (nSPS) is 11.2. The van der Waals surface area contributed by atoms with Gasteiger partial charge in [0.1, 0.15) is 11.5 Å². The number of hydrogen-bond donors (Lipinski definition) is 4. The molecule has 0 aliphatic heterocycles. The summed E-state index contributed by atoms with van der Waals surface area (Å²) in [5, 5.41) is 23.6. The lowest BCUT2D eigenvalue weighted by Crippen LogP contribution is -2.24. The number of carboxylic acids is 2. The van der Waals surface area contributed by atoms with E-state index in [0.717, 1.165) is 12.1 Å². The van der Waals surface area contributed by atoms with Crippen molar-refractivity contribution in [1.29, 1.82) is 0 Å². The monoisotopic (exact) mass is 538 g/mol. The Morgan fingerprint density at radius 3 is 2.08 bits per heavy atom. The average Bonchev–Trinajstić information content (AvgIpc) is 2.91. The van der Waals surface area contributed by atoms with Crippen LogP contribution in [0.5, 0.6) is 11.5 Å². The third-order valence-corrected chi connectivity index (χ3v) is 6.75. The van der Waals surface area contributed by atoms with E-state index in [1.165, 1.54) is 32.0 Å². The van der Waals surface area contributed by atoms with Crippen LogP contribution in [-0.4, -0.2) is 53.4 Å². The van der Waals surface area contributed by atoms with Crippen LogP contribution in [0.1, 0.15) is 44.4 Å². The molecule has 3 aromatic carbocycles. The minimum atomic E-state index is -1.42. The molecule has 0 saturated carbocycles. The standard InChI is InChI=1S/C27H26N2O8S/c1-4-23(25(31)29-17-11-18(36-2)14-19(12-17)37-3)38-20-7-5-6-16(13-20)28-24(30)21-9-8-15(26(32)33)10-22(21)27(34)35/h5-14,23H,4H2,1-3H3,(H,28,30)(H,29,31)(H,32,33)(H,34,35). The van der Waals surface area contributed by atoms with Crippen LogP contribution in [-0.2, 0) is 4.79 Å².